The van der Waals surface area contributed by atoms with Gasteiger partial charge in [-0.2, -0.15) is 5.10 Å². The molecule has 0 aliphatic carbocycles. The van der Waals surface area contributed by atoms with Gasteiger partial charge in [-0.3, -0.25) is 4.79 Å². The van der Waals surface area contributed by atoms with Crippen molar-refractivity contribution < 1.29 is 4.79 Å². The van der Waals surface area contributed by atoms with Crippen LogP contribution < -0.4 is 10.2 Å². The van der Waals surface area contributed by atoms with Gasteiger partial charge in [0.2, 0.25) is 0 Å². The Hall–Kier alpha value is -3.19. The van der Waals surface area contributed by atoms with E-state index in [0.29, 0.717) is 12.1 Å². The van der Waals surface area contributed by atoms with Crippen molar-refractivity contribution in [1.82, 2.24) is 14.8 Å². The fourth-order valence-corrected chi connectivity index (χ4v) is 4.82. The average Bonchev–Trinajstić information content (AvgIpc) is 3.45. The number of thiophene rings is 1. The van der Waals surface area contributed by atoms with Gasteiger partial charge in [0.15, 0.2) is 5.65 Å². The van der Waals surface area contributed by atoms with Crippen molar-refractivity contribution in [2.45, 2.75) is 32.7 Å². The van der Waals surface area contributed by atoms with Gasteiger partial charge in [0, 0.05) is 35.0 Å². The summed E-state index contributed by atoms with van der Waals surface area (Å²) in [6.07, 6.45) is 5.55. The maximum atomic E-state index is 13.1. The van der Waals surface area contributed by atoms with E-state index >= 15 is 0 Å². The first-order valence-electron chi connectivity index (χ1n) is 10.7. The number of nitrogens with one attached hydrogen (secondary N) is 1. The van der Waals surface area contributed by atoms with Gasteiger partial charge >= 0.3 is 0 Å². The van der Waals surface area contributed by atoms with E-state index in [2.05, 4.69) is 43.9 Å². The molecule has 1 fully saturated rings. The molecule has 31 heavy (non-hydrogen) atoms. The molecule has 1 saturated heterocycles. The summed E-state index contributed by atoms with van der Waals surface area (Å²) in [6.45, 7) is 4.77. The van der Waals surface area contributed by atoms with Crippen LogP contribution in [0.3, 0.4) is 0 Å². The van der Waals surface area contributed by atoms with Gasteiger partial charge in [0.05, 0.1) is 23.7 Å². The number of rotatable bonds is 5. The summed E-state index contributed by atoms with van der Waals surface area (Å²) < 4.78 is 1.86. The first-order valence-corrected chi connectivity index (χ1v) is 11.6. The van der Waals surface area contributed by atoms with Crippen molar-refractivity contribution in [3.63, 3.8) is 0 Å². The quantitative estimate of drug-likeness (QED) is 0.478. The maximum Gasteiger partial charge on any atom is 0.256 e. The lowest BCUT2D eigenvalue weighted by molar-refractivity contribution is 0.102. The molecular formula is C24H25N5OS. The Morgan fingerprint density at radius 2 is 1.94 bits per heavy atom. The zero-order valence-electron chi connectivity index (χ0n) is 17.5. The number of piperidine rings is 1. The molecular weight excluding hydrogens is 406 g/mol. The maximum absolute atomic E-state index is 13.1. The topological polar surface area (TPSA) is 63.1 Å². The van der Waals surface area contributed by atoms with Gasteiger partial charge in [-0.15, -0.1) is 11.3 Å². The number of carbonyl (C=O) groups is 1. The molecule has 0 saturated carbocycles. The fraction of sp³-hybridized carbons (Fsp3) is 0.292. The van der Waals surface area contributed by atoms with Crippen molar-refractivity contribution in [3.05, 3.63) is 70.2 Å². The molecule has 6 nitrogen and oxygen atoms in total. The van der Waals surface area contributed by atoms with Crippen molar-refractivity contribution in [2.24, 2.45) is 0 Å². The van der Waals surface area contributed by atoms with Gasteiger partial charge in [0.25, 0.3) is 5.91 Å². The van der Waals surface area contributed by atoms with E-state index in [0.717, 1.165) is 35.5 Å². The van der Waals surface area contributed by atoms with Gasteiger partial charge in [0.1, 0.15) is 0 Å². The molecule has 1 N–H and O–H groups in total. The molecule has 0 bridgehead atoms. The van der Waals surface area contributed by atoms with Crippen LogP contribution in [0.15, 0.2) is 54.0 Å². The minimum Gasteiger partial charge on any atom is -0.372 e. The summed E-state index contributed by atoms with van der Waals surface area (Å²) in [4.78, 5) is 21.4. The predicted octanol–water partition coefficient (Wildman–Crippen LogP) is 5.09. The molecule has 0 unspecified atom stereocenters. The number of benzene rings is 1. The van der Waals surface area contributed by atoms with Crippen LogP contribution in [-0.2, 0) is 6.54 Å². The second-order valence-corrected chi connectivity index (χ2v) is 9.01. The van der Waals surface area contributed by atoms with Crippen LogP contribution in [0.25, 0.3) is 11.0 Å². The normalized spacial score (nSPS) is 14.2. The van der Waals surface area contributed by atoms with Crippen molar-refractivity contribution >= 4 is 39.7 Å². The molecule has 0 spiro atoms. The van der Waals surface area contributed by atoms with Gasteiger partial charge in [-0.25, -0.2) is 9.67 Å². The summed E-state index contributed by atoms with van der Waals surface area (Å²) in [5.41, 5.74) is 4.14. The molecule has 4 aromatic rings. The number of carbonyl (C=O) groups excluding carboxylic acids is 1. The smallest absolute Gasteiger partial charge is 0.256 e. The fourth-order valence-electron chi connectivity index (χ4n) is 4.13. The third kappa shape index (κ3) is 4.18. The highest BCUT2D eigenvalue weighted by atomic mass is 32.1. The molecule has 5 rings (SSSR count). The van der Waals surface area contributed by atoms with Crippen LogP contribution in [0.5, 0.6) is 0 Å². The molecule has 7 heteroatoms. The standard InChI is InChI=1S/C24H25N5OS/c1-17-14-21(22-15-25-29(23(22)26-17)16-20-6-5-13-31-20)24(30)27-18-7-9-19(10-8-18)28-11-3-2-4-12-28/h5-10,13-15H,2-4,11-12,16H2,1H3,(H,27,30). The summed E-state index contributed by atoms with van der Waals surface area (Å²) in [6, 6.07) is 14.1. The zero-order chi connectivity index (χ0) is 21.2. The number of pyridine rings is 1. The minimum atomic E-state index is -0.142. The Morgan fingerprint density at radius 1 is 1.13 bits per heavy atom. The van der Waals surface area contributed by atoms with Crippen LogP contribution in [0, 0.1) is 6.92 Å². The molecule has 0 radical (unpaired) electrons. The largest absolute Gasteiger partial charge is 0.372 e. The van der Waals surface area contributed by atoms with Crippen LogP contribution >= 0.6 is 11.3 Å². The Morgan fingerprint density at radius 3 is 2.68 bits per heavy atom. The number of hydrogen-bond donors (Lipinski definition) is 1. The number of aryl methyl sites for hydroxylation is 1. The number of fused-ring (bicyclic) bond motifs is 1. The number of amides is 1. The number of aromatic nitrogens is 3. The zero-order valence-corrected chi connectivity index (χ0v) is 18.4. The summed E-state index contributed by atoms with van der Waals surface area (Å²) in [7, 11) is 0. The molecule has 1 aliphatic rings. The van der Waals surface area contributed by atoms with Crippen LogP contribution in [-0.4, -0.2) is 33.8 Å². The van der Waals surface area contributed by atoms with E-state index in [1.807, 2.05) is 35.9 Å². The molecule has 3 aromatic heterocycles. The Kier molecular flexibility index (Phi) is 5.42. The molecule has 1 aromatic carbocycles. The van der Waals surface area contributed by atoms with Crippen molar-refractivity contribution in [1.29, 1.82) is 0 Å². The Bertz CT molecular complexity index is 1190. The van der Waals surface area contributed by atoms with E-state index in [1.54, 1.807) is 17.5 Å². The number of nitrogens with zero attached hydrogens (tertiary/aromatic N) is 4. The second kappa shape index (κ2) is 8.51. The van der Waals surface area contributed by atoms with Gasteiger partial charge in [-0.05, 0) is 68.0 Å². The highest BCUT2D eigenvalue weighted by Gasteiger charge is 2.17. The number of hydrogen-bond acceptors (Lipinski definition) is 5. The summed E-state index contributed by atoms with van der Waals surface area (Å²) >= 11 is 1.69. The van der Waals surface area contributed by atoms with E-state index in [9.17, 15) is 4.79 Å². The highest BCUT2D eigenvalue weighted by Crippen LogP contribution is 2.24. The Balaban J connectivity index is 1.37. The van der Waals surface area contributed by atoms with E-state index < -0.39 is 0 Å². The van der Waals surface area contributed by atoms with Crippen LogP contribution in [0.2, 0.25) is 0 Å². The average molecular weight is 432 g/mol. The molecule has 1 amide bonds. The third-order valence-electron chi connectivity index (χ3n) is 5.71. The monoisotopic (exact) mass is 431 g/mol. The highest BCUT2D eigenvalue weighted by molar-refractivity contribution is 7.09. The summed E-state index contributed by atoms with van der Waals surface area (Å²) in [5, 5.41) is 10.4. The molecule has 158 valence electrons. The Labute approximate surface area is 185 Å². The van der Waals surface area contributed by atoms with E-state index in [1.165, 1.54) is 29.8 Å². The summed E-state index contributed by atoms with van der Waals surface area (Å²) in [5.74, 6) is -0.142. The molecule has 0 atom stereocenters. The van der Waals surface area contributed by atoms with Gasteiger partial charge in [-0.1, -0.05) is 6.07 Å². The van der Waals surface area contributed by atoms with Crippen LogP contribution in [0.1, 0.15) is 40.2 Å². The van der Waals surface area contributed by atoms with Crippen molar-refractivity contribution in [3.8, 4) is 0 Å². The lowest BCUT2D eigenvalue weighted by Crippen LogP contribution is -2.29. The molecule has 4 heterocycles. The van der Waals surface area contributed by atoms with Gasteiger partial charge < -0.3 is 10.2 Å². The van der Waals surface area contributed by atoms with E-state index in [4.69, 9.17) is 0 Å². The van der Waals surface area contributed by atoms with E-state index in [-0.39, 0.29) is 5.91 Å². The predicted molar refractivity (Wildman–Crippen MR) is 126 cm³/mol. The molecule has 1 aliphatic heterocycles. The second-order valence-electron chi connectivity index (χ2n) is 7.98. The first-order chi connectivity index (χ1) is 15.2. The number of anilines is 2. The third-order valence-corrected chi connectivity index (χ3v) is 6.58. The lowest BCUT2D eigenvalue weighted by atomic mass is 10.1. The first kappa shape index (κ1) is 19.8. The lowest BCUT2D eigenvalue weighted by Gasteiger charge is -2.28. The van der Waals surface area contributed by atoms with Crippen molar-refractivity contribution in [2.75, 3.05) is 23.3 Å². The minimum absolute atomic E-state index is 0.142. The SMILES string of the molecule is Cc1cc(C(=O)Nc2ccc(N3CCCCC3)cc2)c2cnn(Cc3cccs3)c2n1. The van der Waals surface area contributed by atoms with Crippen LogP contribution in [0.4, 0.5) is 11.4 Å².